The quantitative estimate of drug-likeness (QED) is 0.335. The molecule has 4 rings (SSSR count). The smallest absolute Gasteiger partial charge is 0.206 e. The lowest BCUT2D eigenvalue weighted by atomic mass is 9.77. The molecule has 176 valence electrons. The van der Waals surface area contributed by atoms with Gasteiger partial charge in [0.1, 0.15) is 28.8 Å². The first kappa shape index (κ1) is 23.6. The molecule has 0 atom stereocenters. The molecule has 3 aromatic rings. The van der Waals surface area contributed by atoms with Crippen LogP contribution in [0.5, 0.6) is 0 Å². The summed E-state index contributed by atoms with van der Waals surface area (Å²) in [6.07, 6.45) is 0.825. The van der Waals surface area contributed by atoms with E-state index in [1.807, 2.05) is 0 Å². The standard InChI is InChI=1S/C26H23F7/c1-2-3-14-4-6-15(7-5-14)17-11-20(27)23(21(28)12-17)16-8-9-19-18(10-16)13-22(29)24(25(19)30)26(31,32)33/h8-15H,2-7H2,1H3. The molecule has 0 aromatic heterocycles. The predicted octanol–water partition coefficient (Wildman–Crippen LogP) is 9.16. The van der Waals surface area contributed by atoms with Crippen molar-refractivity contribution in [3.05, 3.63) is 70.8 Å². The number of benzene rings is 3. The highest BCUT2D eigenvalue weighted by molar-refractivity contribution is 5.89. The summed E-state index contributed by atoms with van der Waals surface area (Å²) in [6, 6.07) is 6.34. The number of fused-ring (bicyclic) bond motifs is 1. The highest BCUT2D eigenvalue weighted by atomic mass is 19.4. The molecule has 0 unspecified atom stereocenters. The van der Waals surface area contributed by atoms with E-state index < -0.39 is 40.4 Å². The van der Waals surface area contributed by atoms with Gasteiger partial charge in [0.15, 0.2) is 0 Å². The van der Waals surface area contributed by atoms with Crippen molar-refractivity contribution in [1.82, 2.24) is 0 Å². The summed E-state index contributed by atoms with van der Waals surface area (Å²) in [5.74, 6) is -4.44. The Morgan fingerprint density at radius 3 is 2.03 bits per heavy atom. The van der Waals surface area contributed by atoms with E-state index in [0.29, 0.717) is 17.5 Å². The molecule has 1 aliphatic rings. The van der Waals surface area contributed by atoms with E-state index in [9.17, 15) is 30.7 Å². The predicted molar refractivity (Wildman–Crippen MR) is 114 cm³/mol. The van der Waals surface area contributed by atoms with Crippen molar-refractivity contribution in [2.24, 2.45) is 5.92 Å². The van der Waals surface area contributed by atoms with Crippen molar-refractivity contribution in [2.75, 3.05) is 0 Å². The van der Waals surface area contributed by atoms with Gasteiger partial charge < -0.3 is 0 Å². The zero-order chi connectivity index (χ0) is 23.9. The molecule has 0 radical (unpaired) electrons. The second-order valence-electron chi connectivity index (χ2n) is 8.85. The molecule has 0 amide bonds. The molecular formula is C26H23F7. The van der Waals surface area contributed by atoms with E-state index in [1.54, 1.807) is 0 Å². The third-order valence-corrected chi connectivity index (χ3v) is 6.68. The molecule has 0 nitrogen and oxygen atoms in total. The van der Waals surface area contributed by atoms with Gasteiger partial charge in [-0.15, -0.1) is 0 Å². The van der Waals surface area contributed by atoms with Gasteiger partial charge in [0.2, 0.25) is 0 Å². The van der Waals surface area contributed by atoms with Crippen molar-refractivity contribution < 1.29 is 30.7 Å². The van der Waals surface area contributed by atoms with Crippen LogP contribution < -0.4 is 0 Å². The molecule has 3 aromatic carbocycles. The minimum absolute atomic E-state index is 0.00531. The maximum Gasteiger partial charge on any atom is 0.422 e. The zero-order valence-electron chi connectivity index (χ0n) is 18.0. The zero-order valence-corrected chi connectivity index (χ0v) is 18.0. The van der Waals surface area contributed by atoms with Gasteiger partial charge in [-0.2, -0.15) is 13.2 Å². The van der Waals surface area contributed by atoms with Crippen molar-refractivity contribution >= 4 is 10.8 Å². The average molecular weight is 468 g/mol. The Balaban J connectivity index is 1.68. The minimum atomic E-state index is -5.20. The van der Waals surface area contributed by atoms with Gasteiger partial charge >= 0.3 is 6.18 Å². The summed E-state index contributed by atoms with van der Waals surface area (Å²) in [5.41, 5.74) is -1.79. The monoisotopic (exact) mass is 468 g/mol. The second-order valence-corrected chi connectivity index (χ2v) is 8.85. The maximum atomic E-state index is 15.0. The topological polar surface area (TPSA) is 0 Å². The second kappa shape index (κ2) is 8.99. The summed E-state index contributed by atoms with van der Waals surface area (Å²) in [6.45, 7) is 2.14. The first-order valence-corrected chi connectivity index (χ1v) is 11.1. The van der Waals surface area contributed by atoms with Crippen LogP contribution >= 0.6 is 0 Å². The van der Waals surface area contributed by atoms with Gasteiger partial charge in [-0.25, -0.2) is 17.6 Å². The Kier molecular flexibility index (Phi) is 6.43. The minimum Gasteiger partial charge on any atom is -0.206 e. The Labute approximate surface area is 187 Å². The van der Waals surface area contributed by atoms with Gasteiger partial charge in [0.05, 0.1) is 5.56 Å². The summed E-state index contributed by atoms with van der Waals surface area (Å²) in [4.78, 5) is 0. The first-order chi connectivity index (χ1) is 15.6. The Morgan fingerprint density at radius 1 is 0.818 bits per heavy atom. The van der Waals surface area contributed by atoms with Crippen LogP contribution in [-0.4, -0.2) is 0 Å². The fourth-order valence-electron chi connectivity index (χ4n) is 5.04. The van der Waals surface area contributed by atoms with E-state index in [0.717, 1.165) is 56.7 Å². The third kappa shape index (κ3) is 4.59. The van der Waals surface area contributed by atoms with E-state index in [4.69, 9.17) is 0 Å². The number of halogens is 7. The molecule has 7 heteroatoms. The van der Waals surface area contributed by atoms with E-state index in [1.165, 1.54) is 12.1 Å². The highest BCUT2D eigenvalue weighted by Crippen LogP contribution is 2.41. The SMILES string of the molecule is CCCC1CCC(c2cc(F)c(-c3ccc4c(F)c(C(F)(F)F)c(F)cc4c3)c(F)c2)CC1. The molecule has 1 fully saturated rings. The Morgan fingerprint density at radius 2 is 1.45 bits per heavy atom. The molecule has 1 saturated carbocycles. The van der Waals surface area contributed by atoms with Gasteiger partial charge in [-0.3, -0.25) is 0 Å². The van der Waals surface area contributed by atoms with Crippen LogP contribution in [0.2, 0.25) is 0 Å². The van der Waals surface area contributed by atoms with E-state index >= 15 is 0 Å². The average Bonchev–Trinajstić information content (AvgIpc) is 2.73. The van der Waals surface area contributed by atoms with Crippen LogP contribution in [0.4, 0.5) is 30.7 Å². The fourth-order valence-corrected chi connectivity index (χ4v) is 5.04. The summed E-state index contributed by atoms with van der Waals surface area (Å²) in [7, 11) is 0. The molecule has 0 N–H and O–H groups in total. The molecule has 0 aliphatic heterocycles. The molecular weight excluding hydrogens is 445 g/mol. The van der Waals surface area contributed by atoms with E-state index in [2.05, 4.69) is 6.92 Å². The highest BCUT2D eigenvalue weighted by Gasteiger charge is 2.38. The normalized spacial score (nSPS) is 19.3. The van der Waals surface area contributed by atoms with Gasteiger partial charge in [-0.05, 0) is 78.3 Å². The Bertz CT molecular complexity index is 1150. The van der Waals surface area contributed by atoms with Crippen LogP contribution in [0.25, 0.3) is 21.9 Å². The van der Waals surface area contributed by atoms with Crippen LogP contribution in [0.1, 0.15) is 62.5 Å². The lowest BCUT2D eigenvalue weighted by Crippen LogP contribution is -2.13. The van der Waals surface area contributed by atoms with Crippen LogP contribution in [-0.2, 0) is 6.18 Å². The van der Waals surface area contributed by atoms with Crippen LogP contribution in [0, 0.1) is 29.2 Å². The van der Waals surface area contributed by atoms with Crippen molar-refractivity contribution in [3.8, 4) is 11.1 Å². The van der Waals surface area contributed by atoms with Crippen molar-refractivity contribution in [2.45, 2.75) is 57.5 Å². The van der Waals surface area contributed by atoms with Crippen LogP contribution in [0.3, 0.4) is 0 Å². The summed E-state index contributed by atoms with van der Waals surface area (Å²) >= 11 is 0. The largest absolute Gasteiger partial charge is 0.422 e. The van der Waals surface area contributed by atoms with Crippen LogP contribution in [0.15, 0.2) is 36.4 Å². The van der Waals surface area contributed by atoms with Gasteiger partial charge in [-0.1, -0.05) is 31.9 Å². The lowest BCUT2D eigenvalue weighted by Gasteiger charge is -2.29. The van der Waals surface area contributed by atoms with Crippen molar-refractivity contribution in [1.29, 1.82) is 0 Å². The molecule has 33 heavy (non-hydrogen) atoms. The number of alkyl halides is 3. The fraction of sp³-hybridized carbons (Fsp3) is 0.385. The molecule has 0 heterocycles. The van der Waals surface area contributed by atoms with Crippen molar-refractivity contribution in [3.63, 3.8) is 0 Å². The van der Waals surface area contributed by atoms with Gasteiger partial charge in [0, 0.05) is 5.39 Å². The molecule has 0 bridgehead atoms. The number of rotatable bonds is 4. The number of hydrogen-bond acceptors (Lipinski definition) is 0. The summed E-state index contributed by atoms with van der Waals surface area (Å²) < 4.78 is 97.2. The molecule has 0 saturated heterocycles. The van der Waals surface area contributed by atoms with E-state index in [-0.39, 0.29) is 22.4 Å². The lowest BCUT2D eigenvalue weighted by molar-refractivity contribution is -0.142. The summed E-state index contributed by atoms with van der Waals surface area (Å²) in [5, 5.41) is -0.693. The molecule has 1 aliphatic carbocycles. The maximum absolute atomic E-state index is 15.0. The Hall–Kier alpha value is -2.57. The van der Waals surface area contributed by atoms with Gasteiger partial charge in [0.25, 0.3) is 0 Å². The first-order valence-electron chi connectivity index (χ1n) is 11.1. The third-order valence-electron chi connectivity index (χ3n) is 6.68. The molecule has 0 spiro atoms. The number of hydrogen-bond donors (Lipinski definition) is 0.